The number of likely N-dealkylation sites (N-methyl/N-ethyl adjacent to an activating group) is 1. The van der Waals surface area contributed by atoms with Crippen molar-refractivity contribution in [2.24, 2.45) is 0 Å². The van der Waals surface area contributed by atoms with Gasteiger partial charge in [0.25, 0.3) is 0 Å². The van der Waals surface area contributed by atoms with Crippen LogP contribution in [0.3, 0.4) is 0 Å². The summed E-state index contributed by atoms with van der Waals surface area (Å²) in [5.41, 5.74) is 1.81. The summed E-state index contributed by atoms with van der Waals surface area (Å²) >= 11 is 6.04. The van der Waals surface area contributed by atoms with E-state index < -0.39 is 24.5 Å². The zero-order valence-electron chi connectivity index (χ0n) is 19.3. The second kappa shape index (κ2) is 12.2. The van der Waals surface area contributed by atoms with Crippen LogP contribution in [-0.2, 0) is 12.6 Å². The molecule has 0 bridgehead atoms. The molecule has 4 nitrogen and oxygen atoms in total. The van der Waals surface area contributed by atoms with Gasteiger partial charge in [0.15, 0.2) is 0 Å². The quantitative estimate of drug-likeness (QED) is 0.262. The molecule has 0 amide bonds. The molecule has 0 aliphatic heterocycles. The minimum Gasteiger partial charge on any atom is -0.435 e. The summed E-state index contributed by atoms with van der Waals surface area (Å²) in [6.45, 7) is 1.10. The van der Waals surface area contributed by atoms with Crippen molar-refractivity contribution in [3.05, 3.63) is 107 Å². The van der Waals surface area contributed by atoms with Gasteiger partial charge in [-0.15, -0.1) is 0 Å². The number of aromatic nitrogens is 1. The highest BCUT2D eigenvalue weighted by Crippen LogP contribution is 2.31. The molecule has 10 heteroatoms. The zero-order chi connectivity index (χ0) is 26.3. The van der Waals surface area contributed by atoms with Gasteiger partial charge in [0.05, 0.1) is 6.04 Å². The van der Waals surface area contributed by atoms with Gasteiger partial charge in [-0.05, 0) is 59.9 Å². The Hall–Kier alpha value is -3.17. The summed E-state index contributed by atoms with van der Waals surface area (Å²) in [6.07, 6.45) is -2.53. The van der Waals surface area contributed by atoms with Crippen molar-refractivity contribution in [2.75, 3.05) is 7.05 Å². The van der Waals surface area contributed by atoms with Gasteiger partial charge in [0, 0.05) is 30.0 Å². The maximum atomic E-state index is 12.9. The number of pyridine rings is 1. The normalized spacial score (nSPS) is 13.3. The molecule has 36 heavy (non-hydrogen) atoms. The number of benzene rings is 2. The van der Waals surface area contributed by atoms with Gasteiger partial charge < -0.3 is 10.1 Å². The molecule has 1 aromatic heterocycles. The lowest BCUT2D eigenvalue weighted by atomic mass is 9.96. The average Bonchev–Trinajstić information content (AvgIpc) is 2.84. The third-order valence-electron chi connectivity index (χ3n) is 5.56. The second-order valence-electron chi connectivity index (χ2n) is 8.02. The SMILES string of the molecule is C=C(NC)[C@H](N[C@@H](CCc1ccc(C(F)(F)F)nc1)c1cccc(OC(F)F)c1)c1ccc(Cl)cc1. The number of hydrogen-bond acceptors (Lipinski definition) is 4. The first kappa shape index (κ1) is 27.4. The third kappa shape index (κ3) is 7.66. The predicted octanol–water partition coefficient (Wildman–Crippen LogP) is 7.09. The van der Waals surface area contributed by atoms with E-state index in [0.717, 1.165) is 11.6 Å². The van der Waals surface area contributed by atoms with Crippen LogP contribution in [0.15, 0.2) is 79.1 Å². The van der Waals surface area contributed by atoms with E-state index in [1.165, 1.54) is 24.4 Å². The van der Waals surface area contributed by atoms with Gasteiger partial charge in [-0.3, -0.25) is 10.3 Å². The van der Waals surface area contributed by atoms with E-state index in [0.29, 0.717) is 34.7 Å². The predicted molar refractivity (Wildman–Crippen MR) is 129 cm³/mol. The highest BCUT2D eigenvalue weighted by atomic mass is 35.5. The monoisotopic (exact) mass is 525 g/mol. The Morgan fingerprint density at radius 1 is 1.06 bits per heavy atom. The van der Waals surface area contributed by atoms with Gasteiger partial charge in [-0.1, -0.05) is 48.5 Å². The summed E-state index contributed by atoms with van der Waals surface area (Å²) in [4.78, 5) is 3.52. The lowest BCUT2D eigenvalue weighted by molar-refractivity contribution is -0.141. The Morgan fingerprint density at radius 3 is 2.36 bits per heavy atom. The highest BCUT2D eigenvalue weighted by Gasteiger charge is 2.32. The van der Waals surface area contributed by atoms with E-state index in [2.05, 4.69) is 26.9 Å². The molecule has 0 saturated heterocycles. The van der Waals surface area contributed by atoms with Gasteiger partial charge in [0.2, 0.25) is 0 Å². The number of ether oxygens (including phenoxy) is 1. The first-order valence-electron chi connectivity index (χ1n) is 11.0. The fraction of sp³-hybridized carbons (Fsp3) is 0.269. The Morgan fingerprint density at radius 2 is 1.78 bits per heavy atom. The summed E-state index contributed by atoms with van der Waals surface area (Å²) in [6, 6.07) is 15.0. The molecule has 0 aliphatic rings. The molecule has 2 aromatic carbocycles. The number of alkyl halides is 5. The summed E-state index contributed by atoms with van der Waals surface area (Å²) in [5.74, 6) is 0.000910. The molecule has 0 spiro atoms. The molecule has 1 heterocycles. The fourth-order valence-corrected chi connectivity index (χ4v) is 3.83. The Labute approximate surface area is 211 Å². The molecule has 2 N–H and O–H groups in total. The van der Waals surface area contributed by atoms with E-state index >= 15 is 0 Å². The Kier molecular flexibility index (Phi) is 9.28. The van der Waals surface area contributed by atoms with Crippen LogP contribution in [0.1, 0.15) is 40.9 Å². The van der Waals surface area contributed by atoms with Crippen LogP contribution in [-0.4, -0.2) is 18.6 Å². The van der Waals surface area contributed by atoms with Gasteiger partial charge >= 0.3 is 12.8 Å². The van der Waals surface area contributed by atoms with E-state index in [1.807, 2.05) is 12.1 Å². The smallest absolute Gasteiger partial charge is 0.433 e. The summed E-state index contributed by atoms with van der Waals surface area (Å²) in [5, 5.41) is 7.10. The molecular weight excluding hydrogens is 501 g/mol. The number of nitrogens with one attached hydrogen (secondary N) is 2. The molecule has 0 saturated carbocycles. The molecular formula is C26H25ClF5N3O. The van der Waals surface area contributed by atoms with Crippen LogP contribution < -0.4 is 15.4 Å². The average molecular weight is 526 g/mol. The Balaban J connectivity index is 1.90. The van der Waals surface area contributed by atoms with Crippen LogP contribution in [0, 0.1) is 0 Å². The fourth-order valence-electron chi connectivity index (χ4n) is 3.70. The lowest BCUT2D eigenvalue weighted by Crippen LogP contribution is -2.31. The number of halogens is 6. The third-order valence-corrected chi connectivity index (χ3v) is 5.82. The first-order valence-corrected chi connectivity index (χ1v) is 11.4. The largest absolute Gasteiger partial charge is 0.435 e. The van der Waals surface area contributed by atoms with Crippen LogP contribution in [0.5, 0.6) is 5.75 Å². The highest BCUT2D eigenvalue weighted by molar-refractivity contribution is 6.30. The number of nitrogens with zero attached hydrogens (tertiary/aromatic N) is 1. The molecule has 0 unspecified atom stereocenters. The molecule has 0 aliphatic carbocycles. The molecule has 192 valence electrons. The summed E-state index contributed by atoms with van der Waals surface area (Å²) < 4.78 is 68.7. The van der Waals surface area contributed by atoms with Gasteiger partial charge in [-0.2, -0.15) is 22.0 Å². The van der Waals surface area contributed by atoms with Crippen molar-refractivity contribution in [2.45, 2.75) is 37.7 Å². The molecule has 3 rings (SSSR count). The second-order valence-corrected chi connectivity index (χ2v) is 8.45. The van der Waals surface area contributed by atoms with Crippen LogP contribution in [0.2, 0.25) is 5.02 Å². The van der Waals surface area contributed by atoms with Gasteiger partial charge in [0.1, 0.15) is 11.4 Å². The molecule has 3 aromatic rings. The molecule has 0 fully saturated rings. The zero-order valence-corrected chi connectivity index (χ0v) is 20.1. The minimum absolute atomic E-state index is 0.000910. The van der Waals surface area contributed by atoms with Crippen LogP contribution >= 0.6 is 11.6 Å². The standard InChI is InChI=1S/C26H25ClF5N3O/c1-16(33-2)24(18-8-10-20(27)11-9-18)35-22(19-4-3-5-21(14-19)36-25(28)29)12-6-17-7-13-23(34-15-17)26(30,31)32/h3-5,7-11,13-15,22,24-25,33,35H,1,6,12H2,2H3/t22-,24-/m0/s1. The molecule has 2 atom stereocenters. The van der Waals surface area contributed by atoms with E-state index in [-0.39, 0.29) is 11.8 Å². The van der Waals surface area contributed by atoms with Crippen molar-refractivity contribution < 1.29 is 26.7 Å². The number of rotatable bonds is 11. The van der Waals surface area contributed by atoms with Crippen LogP contribution in [0.4, 0.5) is 22.0 Å². The van der Waals surface area contributed by atoms with Gasteiger partial charge in [-0.25, -0.2) is 0 Å². The maximum Gasteiger partial charge on any atom is 0.433 e. The van der Waals surface area contributed by atoms with Crippen molar-refractivity contribution in [3.8, 4) is 5.75 Å². The van der Waals surface area contributed by atoms with E-state index in [4.69, 9.17) is 11.6 Å². The van der Waals surface area contributed by atoms with Crippen LogP contribution in [0.25, 0.3) is 0 Å². The van der Waals surface area contributed by atoms with E-state index in [1.54, 1.807) is 31.3 Å². The number of aryl methyl sites for hydroxylation is 1. The Bertz CT molecular complexity index is 1140. The van der Waals surface area contributed by atoms with E-state index in [9.17, 15) is 22.0 Å². The number of hydrogen-bond donors (Lipinski definition) is 2. The summed E-state index contributed by atoms with van der Waals surface area (Å²) in [7, 11) is 1.73. The minimum atomic E-state index is -4.52. The van der Waals surface area contributed by atoms with Crippen molar-refractivity contribution in [1.82, 2.24) is 15.6 Å². The lowest BCUT2D eigenvalue weighted by Gasteiger charge is -2.28. The van der Waals surface area contributed by atoms with Crippen molar-refractivity contribution >= 4 is 11.6 Å². The van der Waals surface area contributed by atoms with Crippen molar-refractivity contribution in [3.63, 3.8) is 0 Å². The van der Waals surface area contributed by atoms with Crippen molar-refractivity contribution in [1.29, 1.82) is 0 Å². The molecule has 0 radical (unpaired) electrons. The topological polar surface area (TPSA) is 46.2 Å². The maximum absolute atomic E-state index is 12.9. The first-order chi connectivity index (χ1) is 17.1.